The molecule has 41 heavy (non-hydrogen) atoms. The fourth-order valence-electron chi connectivity index (χ4n) is 4.82. The molecule has 3 heterocycles. The van der Waals surface area contributed by atoms with E-state index in [1.165, 1.54) is 30.5 Å². The highest BCUT2D eigenvalue weighted by molar-refractivity contribution is 5.91. The molecule has 10 nitrogen and oxygen atoms in total. The second-order valence-corrected chi connectivity index (χ2v) is 11.2. The minimum atomic E-state index is -4.64. The Morgan fingerprint density at radius 3 is 2.46 bits per heavy atom. The lowest BCUT2D eigenvalue weighted by Gasteiger charge is -2.39. The molecule has 0 radical (unpaired) electrons. The summed E-state index contributed by atoms with van der Waals surface area (Å²) < 4.78 is 58.6. The zero-order valence-corrected chi connectivity index (χ0v) is 23.4. The van der Waals surface area contributed by atoms with Gasteiger partial charge in [0, 0.05) is 19.0 Å². The van der Waals surface area contributed by atoms with Crippen LogP contribution in [0.5, 0.6) is 0 Å². The van der Waals surface area contributed by atoms with Crippen LogP contribution in [-0.4, -0.2) is 52.3 Å². The number of carbonyl (C=O) groups excluding carboxylic acids is 1. The number of alkyl halides is 3. The van der Waals surface area contributed by atoms with Crippen LogP contribution < -0.4 is 10.9 Å². The predicted octanol–water partition coefficient (Wildman–Crippen LogP) is 5.02. The molecular formula is C28H32F3N5O5. The number of fused-ring (bicyclic) bond motifs is 1. The highest BCUT2D eigenvalue weighted by Gasteiger charge is 2.53. The summed E-state index contributed by atoms with van der Waals surface area (Å²) in [5, 5.41) is 17.6. The van der Waals surface area contributed by atoms with Crippen molar-refractivity contribution in [3.63, 3.8) is 0 Å². The summed E-state index contributed by atoms with van der Waals surface area (Å²) in [4.78, 5) is 28.1. The van der Waals surface area contributed by atoms with Crippen molar-refractivity contribution < 1.29 is 32.2 Å². The van der Waals surface area contributed by atoms with Crippen LogP contribution in [0.15, 0.2) is 41.3 Å². The maximum Gasteiger partial charge on any atom is 0.421 e. The van der Waals surface area contributed by atoms with Crippen molar-refractivity contribution in [1.29, 1.82) is 5.26 Å². The molecule has 0 spiro atoms. The predicted molar refractivity (Wildman–Crippen MR) is 144 cm³/mol. The lowest BCUT2D eigenvalue weighted by atomic mass is 9.87. The minimum absolute atomic E-state index is 0.0151. The normalized spacial score (nSPS) is 21.2. The Bertz CT molecular complexity index is 1510. The molecule has 2 aromatic heterocycles. The van der Waals surface area contributed by atoms with E-state index in [2.05, 4.69) is 21.5 Å². The number of pyridine rings is 1. The molecule has 1 aromatic carbocycles. The Labute approximate surface area is 234 Å². The molecular weight excluding hydrogens is 543 g/mol. The number of rotatable bonds is 7. The van der Waals surface area contributed by atoms with Gasteiger partial charge in [-0.2, -0.15) is 23.5 Å². The molecule has 1 saturated heterocycles. The standard InChI is InChI=1S/C28H32F3N5O5/c1-25(2,3)41-24(38)20-10-12-27(13-14-32,16-40-20)36-19-11-15-33-23(37)21(19)22(35-36)34-18-8-6-17(7-9-18)26(4,39-5)28(29,30)31/h6-9,11,15,20H,10,12-13,16H2,1-5H3,(H,33,37)(H,34,35). The highest BCUT2D eigenvalue weighted by Crippen LogP contribution is 2.42. The Hall–Kier alpha value is -3.89. The van der Waals surface area contributed by atoms with Crippen molar-refractivity contribution in [2.24, 2.45) is 0 Å². The molecule has 0 aliphatic carbocycles. The van der Waals surface area contributed by atoms with Gasteiger partial charge in [0.25, 0.3) is 5.56 Å². The third-order valence-electron chi connectivity index (χ3n) is 7.20. The number of hydrogen-bond donors (Lipinski definition) is 2. The second-order valence-electron chi connectivity index (χ2n) is 11.2. The Morgan fingerprint density at radius 2 is 1.93 bits per heavy atom. The van der Waals surface area contributed by atoms with Crippen LogP contribution in [0.4, 0.5) is 24.7 Å². The number of nitriles is 1. The number of ether oxygens (including phenoxy) is 3. The van der Waals surface area contributed by atoms with E-state index < -0.39 is 40.5 Å². The van der Waals surface area contributed by atoms with E-state index in [-0.39, 0.29) is 36.2 Å². The number of nitrogens with zero attached hydrogens (tertiary/aromatic N) is 3. The molecule has 3 aromatic rings. The van der Waals surface area contributed by atoms with Crippen molar-refractivity contribution >= 4 is 28.4 Å². The summed E-state index contributed by atoms with van der Waals surface area (Å²) in [7, 11) is 0.993. The van der Waals surface area contributed by atoms with Crippen LogP contribution in [0.2, 0.25) is 0 Å². The van der Waals surface area contributed by atoms with Gasteiger partial charge in [-0.15, -0.1) is 0 Å². The van der Waals surface area contributed by atoms with E-state index in [4.69, 9.17) is 14.2 Å². The van der Waals surface area contributed by atoms with Crippen LogP contribution in [0.1, 0.15) is 52.5 Å². The third-order valence-corrected chi connectivity index (χ3v) is 7.20. The Morgan fingerprint density at radius 1 is 1.24 bits per heavy atom. The smallest absolute Gasteiger partial charge is 0.421 e. The van der Waals surface area contributed by atoms with Gasteiger partial charge in [-0.1, -0.05) is 12.1 Å². The maximum atomic E-state index is 13.6. The van der Waals surface area contributed by atoms with Crippen LogP contribution >= 0.6 is 0 Å². The number of aromatic amines is 1. The van der Waals surface area contributed by atoms with Gasteiger partial charge in [0.15, 0.2) is 17.5 Å². The first-order valence-electron chi connectivity index (χ1n) is 13.0. The maximum absolute atomic E-state index is 13.6. The number of carbonyl (C=O) groups is 1. The van der Waals surface area contributed by atoms with Crippen LogP contribution in [0.25, 0.3) is 10.9 Å². The fourth-order valence-corrected chi connectivity index (χ4v) is 4.82. The number of hydrogen-bond acceptors (Lipinski definition) is 8. The minimum Gasteiger partial charge on any atom is -0.458 e. The number of aromatic nitrogens is 3. The Kier molecular flexibility index (Phi) is 7.95. The van der Waals surface area contributed by atoms with Crippen molar-refractivity contribution in [3.8, 4) is 6.07 Å². The van der Waals surface area contributed by atoms with Gasteiger partial charge in [-0.3, -0.25) is 9.48 Å². The lowest BCUT2D eigenvalue weighted by molar-refractivity contribution is -0.269. The van der Waals surface area contributed by atoms with E-state index in [1.54, 1.807) is 31.5 Å². The van der Waals surface area contributed by atoms with Gasteiger partial charge < -0.3 is 24.5 Å². The van der Waals surface area contributed by atoms with Crippen LogP contribution in [-0.2, 0) is 30.1 Å². The summed E-state index contributed by atoms with van der Waals surface area (Å²) in [5.41, 5.74) is -3.93. The van der Waals surface area contributed by atoms with Gasteiger partial charge in [-0.25, -0.2) is 4.79 Å². The first-order chi connectivity index (χ1) is 19.1. The van der Waals surface area contributed by atoms with Crippen molar-refractivity contribution in [1.82, 2.24) is 14.8 Å². The number of anilines is 2. The number of benzene rings is 1. The number of esters is 1. The molecule has 0 amide bonds. The SMILES string of the molecule is COC(C)(c1ccc(Nc2nn(C3(CC#N)CCC(C(=O)OC(C)(C)C)OC3)c3cc[nH]c(=O)c23)cc1)C(F)(F)F. The van der Waals surface area contributed by atoms with Crippen molar-refractivity contribution in [3.05, 3.63) is 52.4 Å². The average molecular weight is 576 g/mol. The quantitative estimate of drug-likeness (QED) is 0.376. The largest absolute Gasteiger partial charge is 0.458 e. The number of H-pyrrole nitrogens is 1. The molecule has 2 N–H and O–H groups in total. The molecule has 1 fully saturated rings. The van der Waals surface area contributed by atoms with E-state index in [9.17, 15) is 28.0 Å². The Balaban J connectivity index is 1.68. The van der Waals surface area contributed by atoms with Crippen molar-refractivity contribution in [2.75, 3.05) is 19.0 Å². The molecule has 0 saturated carbocycles. The molecule has 3 atom stereocenters. The van der Waals surface area contributed by atoms with Gasteiger partial charge in [0.05, 0.1) is 30.2 Å². The number of methoxy groups -OCH3 is 1. The summed E-state index contributed by atoms with van der Waals surface area (Å²) >= 11 is 0. The first kappa shape index (κ1) is 30.1. The lowest BCUT2D eigenvalue weighted by Crippen LogP contribution is -2.47. The van der Waals surface area contributed by atoms with Gasteiger partial charge in [0.2, 0.25) is 0 Å². The molecule has 220 valence electrons. The molecule has 4 rings (SSSR count). The summed E-state index contributed by atoms with van der Waals surface area (Å²) in [6.45, 7) is 6.19. The molecule has 3 unspecified atom stereocenters. The van der Waals surface area contributed by atoms with E-state index in [0.29, 0.717) is 17.6 Å². The van der Waals surface area contributed by atoms with Crippen LogP contribution in [0.3, 0.4) is 0 Å². The van der Waals surface area contributed by atoms with E-state index >= 15 is 0 Å². The topological polar surface area (TPSA) is 131 Å². The third kappa shape index (κ3) is 5.80. The summed E-state index contributed by atoms with van der Waals surface area (Å²) in [5.74, 6) is -0.350. The van der Waals surface area contributed by atoms with Gasteiger partial charge in [-0.05, 0) is 64.3 Å². The van der Waals surface area contributed by atoms with Gasteiger partial charge in [0.1, 0.15) is 11.0 Å². The zero-order chi connectivity index (χ0) is 30.2. The van der Waals surface area contributed by atoms with E-state index in [0.717, 1.165) is 14.0 Å². The summed E-state index contributed by atoms with van der Waals surface area (Å²) in [6.07, 6.45) is -3.40. The first-order valence-corrected chi connectivity index (χ1v) is 13.0. The molecule has 1 aliphatic rings. The second kappa shape index (κ2) is 10.8. The van der Waals surface area contributed by atoms with Gasteiger partial charge >= 0.3 is 12.1 Å². The average Bonchev–Trinajstić information content (AvgIpc) is 3.27. The van der Waals surface area contributed by atoms with E-state index in [1.807, 2.05) is 0 Å². The van der Waals surface area contributed by atoms with Crippen LogP contribution in [0, 0.1) is 11.3 Å². The van der Waals surface area contributed by atoms with Crippen molar-refractivity contribution in [2.45, 2.75) is 76.0 Å². The molecule has 13 heteroatoms. The zero-order valence-electron chi connectivity index (χ0n) is 23.4. The monoisotopic (exact) mass is 575 g/mol. The summed E-state index contributed by atoms with van der Waals surface area (Å²) in [6, 6.07) is 9.24. The molecule has 1 aliphatic heterocycles. The molecule has 0 bridgehead atoms. The number of halogens is 3. The highest BCUT2D eigenvalue weighted by atomic mass is 19.4. The number of nitrogens with one attached hydrogen (secondary N) is 2. The fraction of sp³-hybridized carbons (Fsp3) is 0.500.